The van der Waals surface area contributed by atoms with Crippen LogP contribution in [0.5, 0.6) is 0 Å². The maximum Gasteiger partial charge on any atom is 0.320 e. The van der Waals surface area contributed by atoms with E-state index in [2.05, 4.69) is 4.90 Å². The topological polar surface area (TPSA) is 60.9 Å². The summed E-state index contributed by atoms with van der Waals surface area (Å²) < 4.78 is 0. The van der Waals surface area contributed by atoms with Crippen molar-refractivity contribution in [2.75, 3.05) is 19.6 Å². The van der Waals surface area contributed by atoms with Gasteiger partial charge in [-0.1, -0.05) is 6.42 Å². The smallest absolute Gasteiger partial charge is 0.320 e. The zero-order valence-corrected chi connectivity index (χ0v) is 12.7. The molecule has 0 bridgehead atoms. The van der Waals surface area contributed by atoms with E-state index >= 15 is 0 Å². The van der Waals surface area contributed by atoms with Crippen LogP contribution in [-0.4, -0.2) is 52.6 Å². The summed E-state index contributed by atoms with van der Waals surface area (Å²) >= 11 is 0. The molecule has 2 amide bonds. The van der Waals surface area contributed by atoms with Gasteiger partial charge in [-0.25, -0.2) is 4.79 Å². The van der Waals surface area contributed by atoms with Crippen LogP contribution in [0.3, 0.4) is 0 Å². The van der Waals surface area contributed by atoms with Gasteiger partial charge in [-0.2, -0.15) is 0 Å². The minimum atomic E-state index is -0.732. The Kier molecular flexibility index (Phi) is 4.36. The van der Waals surface area contributed by atoms with Crippen LogP contribution in [0.2, 0.25) is 0 Å². The van der Waals surface area contributed by atoms with E-state index in [1.165, 1.54) is 25.7 Å². The summed E-state index contributed by atoms with van der Waals surface area (Å²) in [4.78, 5) is 27.5. The Labute approximate surface area is 126 Å². The summed E-state index contributed by atoms with van der Waals surface area (Å²) in [6, 6.07) is 0.689. The molecule has 5 nitrogen and oxygen atoms in total. The van der Waals surface area contributed by atoms with Crippen molar-refractivity contribution in [2.24, 2.45) is 11.8 Å². The number of aliphatic carboxylic acids is 1. The zero-order chi connectivity index (χ0) is 14.8. The SMILES string of the molecule is O=C(O)CCC1CCN(C(=O)N2CCCC3CCCC32)C1. The van der Waals surface area contributed by atoms with Crippen LogP contribution < -0.4 is 0 Å². The van der Waals surface area contributed by atoms with E-state index in [4.69, 9.17) is 5.11 Å². The summed E-state index contributed by atoms with van der Waals surface area (Å²) in [7, 11) is 0. The molecule has 0 aromatic carbocycles. The van der Waals surface area contributed by atoms with Crippen molar-refractivity contribution in [3.05, 3.63) is 0 Å². The van der Waals surface area contributed by atoms with Crippen LogP contribution in [0, 0.1) is 11.8 Å². The van der Waals surface area contributed by atoms with Crippen molar-refractivity contribution >= 4 is 12.0 Å². The van der Waals surface area contributed by atoms with Gasteiger partial charge in [0.15, 0.2) is 0 Å². The van der Waals surface area contributed by atoms with Crippen molar-refractivity contribution < 1.29 is 14.7 Å². The van der Waals surface area contributed by atoms with Gasteiger partial charge < -0.3 is 14.9 Å². The van der Waals surface area contributed by atoms with Gasteiger partial charge >= 0.3 is 12.0 Å². The molecule has 2 saturated heterocycles. The molecule has 1 saturated carbocycles. The summed E-state index contributed by atoms with van der Waals surface area (Å²) in [6.45, 7) is 2.47. The highest BCUT2D eigenvalue weighted by molar-refractivity contribution is 5.75. The van der Waals surface area contributed by atoms with E-state index in [1.807, 2.05) is 4.90 Å². The Balaban J connectivity index is 1.54. The molecule has 3 aliphatic rings. The van der Waals surface area contributed by atoms with Gasteiger partial charge in [0, 0.05) is 32.1 Å². The lowest BCUT2D eigenvalue weighted by molar-refractivity contribution is -0.137. The predicted octanol–water partition coefficient (Wildman–Crippen LogP) is 2.56. The first kappa shape index (κ1) is 14.7. The zero-order valence-electron chi connectivity index (χ0n) is 12.7. The quantitative estimate of drug-likeness (QED) is 0.870. The number of carboxylic acid groups (broad SMARTS) is 1. The lowest BCUT2D eigenvalue weighted by Gasteiger charge is -2.39. The Morgan fingerprint density at radius 1 is 1.05 bits per heavy atom. The molecule has 0 radical (unpaired) electrons. The maximum atomic E-state index is 12.8. The third kappa shape index (κ3) is 3.16. The summed E-state index contributed by atoms with van der Waals surface area (Å²) in [5.41, 5.74) is 0. The Morgan fingerprint density at radius 3 is 2.67 bits per heavy atom. The second kappa shape index (κ2) is 6.24. The molecule has 5 heteroatoms. The van der Waals surface area contributed by atoms with Crippen LogP contribution in [0.1, 0.15) is 51.4 Å². The van der Waals surface area contributed by atoms with E-state index in [0.717, 1.165) is 38.4 Å². The number of carboxylic acids is 1. The van der Waals surface area contributed by atoms with E-state index < -0.39 is 5.97 Å². The van der Waals surface area contributed by atoms with Crippen molar-refractivity contribution in [1.82, 2.24) is 9.80 Å². The van der Waals surface area contributed by atoms with Gasteiger partial charge in [0.1, 0.15) is 0 Å². The third-order valence-corrected chi connectivity index (χ3v) is 5.56. The highest BCUT2D eigenvalue weighted by Gasteiger charge is 2.40. The fourth-order valence-corrected chi connectivity index (χ4v) is 4.44. The molecule has 2 aliphatic heterocycles. The molecule has 2 heterocycles. The van der Waals surface area contributed by atoms with Crippen molar-refractivity contribution in [3.8, 4) is 0 Å². The van der Waals surface area contributed by atoms with Crippen LogP contribution in [-0.2, 0) is 4.79 Å². The van der Waals surface area contributed by atoms with Crippen LogP contribution in [0.15, 0.2) is 0 Å². The average molecular weight is 294 g/mol. The molecule has 3 atom stereocenters. The molecular formula is C16H26N2O3. The van der Waals surface area contributed by atoms with Crippen molar-refractivity contribution in [1.29, 1.82) is 0 Å². The standard InChI is InChI=1S/C16H26N2O3/c19-15(20)7-6-12-8-10-17(11-12)16(21)18-9-2-4-13-3-1-5-14(13)18/h12-14H,1-11H2,(H,19,20). The Hall–Kier alpha value is -1.26. The Morgan fingerprint density at radius 2 is 1.86 bits per heavy atom. The molecule has 118 valence electrons. The van der Waals surface area contributed by atoms with E-state index in [-0.39, 0.29) is 12.5 Å². The molecule has 3 unspecified atom stereocenters. The number of fused-ring (bicyclic) bond motifs is 1. The predicted molar refractivity (Wildman–Crippen MR) is 79.0 cm³/mol. The molecule has 0 aromatic heterocycles. The normalized spacial score (nSPS) is 32.3. The Bertz CT molecular complexity index is 412. The number of rotatable bonds is 3. The van der Waals surface area contributed by atoms with Crippen LogP contribution in [0.25, 0.3) is 0 Å². The number of piperidine rings is 1. The monoisotopic (exact) mass is 294 g/mol. The fourth-order valence-electron chi connectivity index (χ4n) is 4.44. The van der Waals surface area contributed by atoms with Gasteiger partial charge in [0.2, 0.25) is 0 Å². The third-order valence-electron chi connectivity index (χ3n) is 5.56. The summed E-state index contributed by atoms with van der Waals surface area (Å²) in [5.74, 6) is 0.368. The minimum Gasteiger partial charge on any atom is -0.481 e. The second-order valence-corrected chi connectivity index (χ2v) is 6.91. The molecule has 21 heavy (non-hydrogen) atoms. The lowest BCUT2D eigenvalue weighted by atomic mass is 9.92. The van der Waals surface area contributed by atoms with E-state index in [0.29, 0.717) is 18.4 Å². The van der Waals surface area contributed by atoms with Crippen molar-refractivity contribution in [2.45, 2.75) is 57.4 Å². The minimum absolute atomic E-state index is 0.212. The number of carbonyl (C=O) groups excluding carboxylic acids is 1. The number of amides is 2. The number of carbonyl (C=O) groups is 2. The van der Waals surface area contributed by atoms with E-state index in [9.17, 15) is 9.59 Å². The first-order valence-corrected chi connectivity index (χ1v) is 8.42. The lowest BCUT2D eigenvalue weighted by Crippen LogP contribution is -2.51. The van der Waals surface area contributed by atoms with Crippen LogP contribution in [0.4, 0.5) is 4.79 Å². The summed E-state index contributed by atoms with van der Waals surface area (Å²) in [6.07, 6.45) is 8.04. The number of hydrogen-bond acceptors (Lipinski definition) is 2. The second-order valence-electron chi connectivity index (χ2n) is 6.91. The first-order chi connectivity index (χ1) is 10.1. The fraction of sp³-hybridized carbons (Fsp3) is 0.875. The van der Waals surface area contributed by atoms with E-state index in [1.54, 1.807) is 0 Å². The maximum absolute atomic E-state index is 12.8. The summed E-state index contributed by atoms with van der Waals surface area (Å²) in [5, 5.41) is 8.77. The number of nitrogens with zero attached hydrogens (tertiary/aromatic N) is 2. The molecule has 0 spiro atoms. The molecule has 3 fully saturated rings. The number of likely N-dealkylation sites (tertiary alicyclic amines) is 2. The first-order valence-electron chi connectivity index (χ1n) is 8.42. The van der Waals surface area contributed by atoms with Gasteiger partial charge in [-0.05, 0) is 50.4 Å². The molecule has 1 N–H and O–H groups in total. The molecule has 3 rings (SSSR count). The van der Waals surface area contributed by atoms with Gasteiger partial charge in [0.05, 0.1) is 0 Å². The van der Waals surface area contributed by atoms with Gasteiger partial charge in [-0.3, -0.25) is 4.79 Å². The van der Waals surface area contributed by atoms with Gasteiger partial charge in [-0.15, -0.1) is 0 Å². The molecule has 1 aliphatic carbocycles. The molecular weight excluding hydrogens is 268 g/mol. The highest BCUT2D eigenvalue weighted by atomic mass is 16.4. The van der Waals surface area contributed by atoms with Gasteiger partial charge in [0.25, 0.3) is 0 Å². The average Bonchev–Trinajstić information content (AvgIpc) is 3.12. The van der Waals surface area contributed by atoms with Crippen LogP contribution >= 0.6 is 0 Å². The largest absolute Gasteiger partial charge is 0.481 e. The number of urea groups is 1. The van der Waals surface area contributed by atoms with Crippen molar-refractivity contribution in [3.63, 3.8) is 0 Å². The number of hydrogen-bond donors (Lipinski definition) is 1. The highest BCUT2D eigenvalue weighted by Crippen LogP contribution is 2.37. The molecule has 0 aromatic rings.